The van der Waals surface area contributed by atoms with Crippen LogP contribution in [0, 0.1) is 0 Å². The molecule has 0 saturated heterocycles. The Morgan fingerprint density at radius 2 is 1.93 bits per heavy atom. The van der Waals surface area contributed by atoms with Crippen molar-refractivity contribution in [3.8, 4) is 10.4 Å². The van der Waals surface area contributed by atoms with Crippen molar-refractivity contribution in [2.45, 2.75) is 19.5 Å². The molecule has 140 valence electrons. The molecule has 0 saturated carbocycles. The van der Waals surface area contributed by atoms with Crippen LogP contribution < -0.4 is 10.9 Å². The van der Waals surface area contributed by atoms with Crippen molar-refractivity contribution in [3.05, 3.63) is 83.2 Å². The van der Waals surface area contributed by atoms with Gasteiger partial charge in [-0.25, -0.2) is 4.98 Å². The Bertz CT molecular complexity index is 1170. The molecule has 1 amide bonds. The molecule has 28 heavy (non-hydrogen) atoms. The number of amides is 1. The van der Waals surface area contributed by atoms with Gasteiger partial charge >= 0.3 is 0 Å². The van der Waals surface area contributed by atoms with Crippen LogP contribution in [-0.4, -0.2) is 20.4 Å². The Morgan fingerprint density at radius 1 is 1.18 bits per heavy atom. The molecule has 1 aromatic carbocycles. The van der Waals surface area contributed by atoms with E-state index in [1.165, 1.54) is 22.2 Å². The number of pyridine rings is 1. The van der Waals surface area contributed by atoms with Crippen LogP contribution in [0.25, 0.3) is 20.7 Å². The van der Waals surface area contributed by atoms with Gasteiger partial charge in [-0.15, -0.1) is 11.3 Å². The van der Waals surface area contributed by atoms with E-state index in [0.717, 1.165) is 16.0 Å². The van der Waals surface area contributed by atoms with Crippen molar-refractivity contribution in [1.29, 1.82) is 0 Å². The van der Waals surface area contributed by atoms with Crippen LogP contribution in [0.3, 0.4) is 0 Å². The highest BCUT2D eigenvalue weighted by Gasteiger charge is 2.14. The molecular weight excluding hydrogens is 372 g/mol. The second-order valence-electron chi connectivity index (χ2n) is 6.44. The predicted molar refractivity (Wildman–Crippen MR) is 110 cm³/mol. The Morgan fingerprint density at radius 3 is 2.68 bits per heavy atom. The average Bonchev–Trinajstić information content (AvgIpc) is 3.17. The number of aromatic nitrogens is 3. The van der Waals surface area contributed by atoms with Gasteiger partial charge in [0, 0.05) is 17.3 Å². The highest BCUT2D eigenvalue weighted by atomic mass is 32.1. The van der Waals surface area contributed by atoms with Crippen LogP contribution in [-0.2, 0) is 11.3 Å². The number of fused-ring (bicyclic) bond motifs is 1. The topological polar surface area (TPSA) is 76.9 Å². The molecule has 0 spiro atoms. The smallest absolute Gasteiger partial charge is 0.262 e. The molecule has 4 aromatic rings. The summed E-state index contributed by atoms with van der Waals surface area (Å²) in [6, 6.07) is 15.2. The van der Waals surface area contributed by atoms with E-state index in [9.17, 15) is 9.59 Å². The Balaban J connectivity index is 1.55. The molecule has 0 bridgehead atoms. The van der Waals surface area contributed by atoms with Crippen molar-refractivity contribution in [2.24, 2.45) is 0 Å². The first-order valence-corrected chi connectivity index (χ1v) is 9.67. The summed E-state index contributed by atoms with van der Waals surface area (Å²) in [6.07, 6.45) is 4.80. The van der Waals surface area contributed by atoms with E-state index in [1.54, 1.807) is 12.4 Å². The summed E-state index contributed by atoms with van der Waals surface area (Å²) in [4.78, 5) is 35.2. The van der Waals surface area contributed by atoms with Gasteiger partial charge in [-0.1, -0.05) is 30.3 Å². The molecule has 1 unspecified atom stereocenters. The van der Waals surface area contributed by atoms with Crippen molar-refractivity contribution < 1.29 is 4.79 Å². The molecule has 1 N–H and O–H groups in total. The zero-order valence-electron chi connectivity index (χ0n) is 15.2. The van der Waals surface area contributed by atoms with E-state index in [-0.39, 0.29) is 24.1 Å². The van der Waals surface area contributed by atoms with Gasteiger partial charge in [0.1, 0.15) is 11.4 Å². The van der Waals surface area contributed by atoms with Crippen LogP contribution >= 0.6 is 11.3 Å². The fourth-order valence-corrected chi connectivity index (χ4v) is 3.99. The lowest BCUT2D eigenvalue weighted by Gasteiger charge is -2.14. The Hall–Kier alpha value is -3.32. The summed E-state index contributed by atoms with van der Waals surface area (Å²) in [5.74, 6) is -0.244. The molecule has 7 heteroatoms. The maximum Gasteiger partial charge on any atom is 0.262 e. The first kappa shape index (κ1) is 18.1. The summed E-state index contributed by atoms with van der Waals surface area (Å²) in [5, 5.41) is 3.43. The number of carbonyl (C=O) groups is 1. The third kappa shape index (κ3) is 3.70. The number of rotatable bonds is 5. The summed E-state index contributed by atoms with van der Waals surface area (Å²) >= 11 is 1.47. The van der Waals surface area contributed by atoms with Crippen LogP contribution in [0.4, 0.5) is 0 Å². The van der Waals surface area contributed by atoms with E-state index in [2.05, 4.69) is 15.3 Å². The van der Waals surface area contributed by atoms with Crippen LogP contribution in [0.15, 0.2) is 72.0 Å². The minimum Gasteiger partial charge on any atom is -0.348 e. The van der Waals surface area contributed by atoms with Crippen molar-refractivity contribution >= 4 is 27.5 Å². The largest absolute Gasteiger partial charge is 0.348 e. The molecule has 6 nitrogen and oxygen atoms in total. The second kappa shape index (κ2) is 7.74. The number of hydrogen-bond acceptors (Lipinski definition) is 5. The van der Waals surface area contributed by atoms with Crippen LogP contribution in [0.1, 0.15) is 18.5 Å². The number of carbonyl (C=O) groups excluding carboxylic acids is 1. The number of thiophene rings is 1. The van der Waals surface area contributed by atoms with Gasteiger partial charge < -0.3 is 5.32 Å². The van der Waals surface area contributed by atoms with Gasteiger partial charge in [-0.3, -0.25) is 19.1 Å². The molecule has 0 radical (unpaired) electrons. The van der Waals surface area contributed by atoms with E-state index in [1.807, 2.05) is 55.5 Å². The zero-order valence-corrected chi connectivity index (χ0v) is 16.0. The normalized spacial score (nSPS) is 12.0. The molecule has 3 aromatic heterocycles. The van der Waals surface area contributed by atoms with E-state index in [0.29, 0.717) is 10.2 Å². The highest BCUT2D eigenvalue weighted by Crippen LogP contribution is 2.30. The summed E-state index contributed by atoms with van der Waals surface area (Å²) < 4.78 is 1.35. The molecule has 1 atom stereocenters. The molecule has 0 aliphatic heterocycles. The number of nitrogens with zero attached hydrogens (tertiary/aromatic N) is 3. The van der Waals surface area contributed by atoms with Gasteiger partial charge in [0.05, 0.1) is 17.8 Å². The lowest BCUT2D eigenvalue weighted by Crippen LogP contribution is -2.33. The summed E-state index contributed by atoms with van der Waals surface area (Å²) in [6.45, 7) is 1.82. The second-order valence-corrected chi connectivity index (χ2v) is 7.47. The minimum absolute atomic E-state index is 0.0757. The van der Waals surface area contributed by atoms with Crippen molar-refractivity contribution in [2.75, 3.05) is 0 Å². The number of nitrogens with one attached hydrogen (secondary N) is 1. The maximum absolute atomic E-state index is 12.8. The molecule has 0 aliphatic rings. The Kier molecular flexibility index (Phi) is 4.99. The average molecular weight is 390 g/mol. The minimum atomic E-state index is -0.244. The third-order valence-corrected chi connectivity index (χ3v) is 5.57. The molecule has 4 rings (SSSR count). The summed E-state index contributed by atoms with van der Waals surface area (Å²) in [5.41, 5.74) is 1.78. The summed E-state index contributed by atoms with van der Waals surface area (Å²) in [7, 11) is 0. The molecular formula is C21H18N4O2S. The van der Waals surface area contributed by atoms with Gasteiger partial charge in [-0.2, -0.15) is 0 Å². The van der Waals surface area contributed by atoms with E-state index in [4.69, 9.17) is 0 Å². The molecule has 0 fully saturated rings. The number of hydrogen-bond donors (Lipinski definition) is 1. The van der Waals surface area contributed by atoms with Gasteiger partial charge in [0.2, 0.25) is 5.91 Å². The fourth-order valence-electron chi connectivity index (χ4n) is 2.99. The van der Waals surface area contributed by atoms with Crippen molar-refractivity contribution in [1.82, 2.24) is 19.9 Å². The monoisotopic (exact) mass is 390 g/mol. The van der Waals surface area contributed by atoms with Gasteiger partial charge in [-0.05, 0) is 36.2 Å². The maximum atomic E-state index is 12.8. The first-order valence-electron chi connectivity index (χ1n) is 8.85. The van der Waals surface area contributed by atoms with Crippen molar-refractivity contribution in [3.63, 3.8) is 0 Å². The van der Waals surface area contributed by atoms with Crippen LogP contribution in [0.2, 0.25) is 0 Å². The predicted octanol–water partition coefficient (Wildman–Crippen LogP) is 3.40. The fraction of sp³-hybridized carbons (Fsp3) is 0.143. The van der Waals surface area contributed by atoms with E-state index < -0.39 is 0 Å². The Labute approximate surface area is 165 Å². The zero-order chi connectivity index (χ0) is 19.5. The highest BCUT2D eigenvalue weighted by molar-refractivity contribution is 7.21. The lowest BCUT2D eigenvalue weighted by molar-refractivity contribution is -0.122. The van der Waals surface area contributed by atoms with E-state index >= 15 is 0 Å². The SMILES string of the molecule is CC(NC(=O)Cn1cnc2sc(-c3ccccc3)cc2c1=O)c1ccncc1. The standard InChI is InChI=1S/C21H18N4O2S/c1-14(15-7-9-22-10-8-15)24-19(26)12-25-13-23-20-17(21(25)27)11-18(28-20)16-5-3-2-4-6-16/h2-11,13-14H,12H2,1H3,(H,24,26). The third-order valence-electron chi connectivity index (χ3n) is 4.47. The van der Waals surface area contributed by atoms with Crippen LogP contribution in [0.5, 0.6) is 0 Å². The molecule has 0 aliphatic carbocycles. The quantitative estimate of drug-likeness (QED) is 0.567. The molecule has 3 heterocycles. The van der Waals surface area contributed by atoms with Gasteiger partial charge in [0.15, 0.2) is 0 Å². The van der Waals surface area contributed by atoms with Gasteiger partial charge in [0.25, 0.3) is 5.56 Å². The lowest BCUT2D eigenvalue weighted by atomic mass is 10.1. The first-order chi connectivity index (χ1) is 13.6. The number of benzene rings is 1.